The van der Waals surface area contributed by atoms with Gasteiger partial charge >= 0.3 is 0 Å². The Balaban J connectivity index is 1.98. The third-order valence-electron chi connectivity index (χ3n) is 3.40. The van der Waals surface area contributed by atoms with Crippen molar-refractivity contribution in [2.75, 3.05) is 20.1 Å². The van der Waals surface area contributed by atoms with E-state index in [-0.39, 0.29) is 11.3 Å². The number of hydrogen-bond acceptors (Lipinski definition) is 3. The maximum atomic E-state index is 12.4. The Kier molecular flexibility index (Phi) is 3.47. The third kappa shape index (κ3) is 2.66. The minimum Gasteiger partial charge on any atom is -0.347 e. The molecular weight excluding hydrogens is 216 g/mol. The Morgan fingerprint density at radius 2 is 2.47 bits per heavy atom. The normalized spacial score (nSPS) is 24.6. The number of H-pyrrole nitrogens is 1. The molecular formula is C12H20N4O. The van der Waals surface area contributed by atoms with Crippen molar-refractivity contribution in [2.24, 2.45) is 5.41 Å². The molecule has 1 unspecified atom stereocenters. The van der Waals surface area contributed by atoms with Crippen LogP contribution < -0.4 is 5.32 Å². The summed E-state index contributed by atoms with van der Waals surface area (Å²) in [6.45, 7) is 4.38. The molecule has 0 spiro atoms. The van der Waals surface area contributed by atoms with Gasteiger partial charge in [0.05, 0.1) is 12.0 Å². The molecule has 0 aliphatic carbocycles. The maximum absolute atomic E-state index is 12.4. The SMILES string of the molecule is CN(Cc1ncc[nH]1)C(=O)C1(C)CCCNC1. The van der Waals surface area contributed by atoms with E-state index in [4.69, 9.17) is 0 Å². The Hall–Kier alpha value is -1.36. The van der Waals surface area contributed by atoms with E-state index in [1.54, 1.807) is 17.3 Å². The first kappa shape index (κ1) is 12.1. The third-order valence-corrected chi connectivity index (χ3v) is 3.40. The summed E-state index contributed by atoms with van der Waals surface area (Å²) < 4.78 is 0. The summed E-state index contributed by atoms with van der Waals surface area (Å²) >= 11 is 0. The number of hydrogen-bond donors (Lipinski definition) is 2. The van der Waals surface area contributed by atoms with Gasteiger partial charge in [0.2, 0.25) is 5.91 Å². The number of nitrogens with one attached hydrogen (secondary N) is 2. The van der Waals surface area contributed by atoms with E-state index in [0.717, 1.165) is 31.8 Å². The van der Waals surface area contributed by atoms with Crippen molar-refractivity contribution in [2.45, 2.75) is 26.3 Å². The lowest BCUT2D eigenvalue weighted by Gasteiger charge is -2.35. The number of carbonyl (C=O) groups excluding carboxylic acids is 1. The molecule has 5 heteroatoms. The first-order valence-corrected chi connectivity index (χ1v) is 6.06. The number of amides is 1. The van der Waals surface area contributed by atoms with Crippen molar-refractivity contribution < 1.29 is 4.79 Å². The van der Waals surface area contributed by atoms with E-state index >= 15 is 0 Å². The van der Waals surface area contributed by atoms with Crippen LogP contribution in [-0.2, 0) is 11.3 Å². The number of rotatable bonds is 3. The van der Waals surface area contributed by atoms with Crippen LogP contribution in [0.25, 0.3) is 0 Å². The van der Waals surface area contributed by atoms with E-state index in [0.29, 0.717) is 6.54 Å². The average Bonchev–Trinajstić information content (AvgIpc) is 2.81. The first-order chi connectivity index (χ1) is 8.12. The van der Waals surface area contributed by atoms with Crippen molar-refractivity contribution in [1.82, 2.24) is 20.2 Å². The smallest absolute Gasteiger partial charge is 0.229 e. The molecule has 1 aliphatic heterocycles. The molecule has 1 atom stereocenters. The largest absolute Gasteiger partial charge is 0.347 e. The topological polar surface area (TPSA) is 61.0 Å². The Bertz CT molecular complexity index is 368. The molecule has 17 heavy (non-hydrogen) atoms. The fourth-order valence-electron chi connectivity index (χ4n) is 2.38. The van der Waals surface area contributed by atoms with Gasteiger partial charge in [0.1, 0.15) is 5.82 Å². The number of imidazole rings is 1. The maximum Gasteiger partial charge on any atom is 0.229 e. The van der Waals surface area contributed by atoms with Gasteiger partial charge in [-0.1, -0.05) is 0 Å². The molecule has 1 saturated heterocycles. The molecule has 0 aromatic carbocycles. The van der Waals surface area contributed by atoms with Gasteiger partial charge in [-0.25, -0.2) is 4.98 Å². The van der Waals surface area contributed by atoms with Crippen molar-refractivity contribution in [1.29, 1.82) is 0 Å². The number of aromatic amines is 1. The van der Waals surface area contributed by atoms with E-state index in [1.807, 2.05) is 14.0 Å². The van der Waals surface area contributed by atoms with Crippen LogP contribution in [0, 0.1) is 5.41 Å². The molecule has 0 radical (unpaired) electrons. The summed E-state index contributed by atoms with van der Waals surface area (Å²) in [6.07, 6.45) is 5.51. The van der Waals surface area contributed by atoms with Crippen LogP contribution in [-0.4, -0.2) is 40.9 Å². The summed E-state index contributed by atoms with van der Waals surface area (Å²) in [7, 11) is 1.84. The van der Waals surface area contributed by atoms with Gasteiger partial charge < -0.3 is 15.2 Å². The highest BCUT2D eigenvalue weighted by Gasteiger charge is 2.36. The van der Waals surface area contributed by atoms with Crippen LogP contribution in [0.5, 0.6) is 0 Å². The molecule has 1 amide bonds. The second-order valence-electron chi connectivity index (χ2n) is 5.04. The molecule has 2 rings (SSSR count). The predicted octanol–water partition coefficient (Wildman–Crippen LogP) is 0.758. The molecule has 94 valence electrons. The van der Waals surface area contributed by atoms with Crippen LogP contribution >= 0.6 is 0 Å². The standard InChI is InChI=1S/C12H20N4O/c1-12(4-3-5-13-9-12)11(17)16(2)8-10-14-6-7-15-10/h6-7,13H,3-5,8-9H2,1-2H3,(H,14,15). The van der Waals surface area contributed by atoms with Crippen LogP contribution in [0.15, 0.2) is 12.4 Å². The summed E-state index contributed by atoms with van der Waals surface area (Å²) in [6, 6.07) is 0. The predicted molar refractivity (Wildman–Crippen MR) is 65.3 cm³/mol. The highest BCUT2D eigenvalue weighted by Crippen LogP contribution is 2.27. The lowest BCUT2D eigenvalue weighted by molar-refractivity contribution is -0.141. The van der Waals surface area contributed by atoms with Crippen molar-refractivity contribution in [3.63, 3.8) is 0 Å². The quantitative estimate of drug-likeness (QED) is 0.814. The van der Waals surface area contributed by atoms with Crippen LogP contribution in [0.4, 0.5) is 0 Å². The van der Waals surface area contributed by atoms with Gasteiger partial charge in [-0.05, 0) is 26.3 Å². The van der Waals surface area contributed by atoms with Gasteiger partial charge in [-0.2, -0.15) is 0 Å². The zero-order valence-corrected chi connectivity index (χ0v) is 10.5. The Morgan fingerprint density at radius 1 is 1.65 bits per heavy atom. The zero-order chi connectivity index (χ0) is 12.3. The highest BCUT2D eigenvalue weighted by molar-refractivity contribution is 5.82. The number of piperidine rings is 1. The van der Waals surface area contributed by atoms with Crippen LogP contribution in [0.1, 0.15) is 25.6 Å². The van der Waals surface area contributed by atoms with Gasteiger partial charge in [0.25, 0.3) is 0 Å². The first-order valence-electron chi connectivity index (χ1n) is 6.06. The van der Waals surface area contributed by atoms with Gasteiger partial charge in [-0.15, -0.1) is 0 Å². The number of nitrogens with zero attached hydrogens (tertiary/aromatic N) is 2. The van der Waals surface area contributed by atoms with Gasteiger partial charge in [0.15, 0.2) is 0 Å². The fraction of sp³-hybridized carbons (Fsp3) is 0.667. The van der Waals surface area contributed by atoms with Gasteiger partial charge in [0, 0.05) is 26.0 Å². The summed E-state index contributed by atoms with van der Waals surface area (Å²) in [5, 5.41) is 3.30. The second-order valence-corrected chi connectivity index (χ2v) is 5.04. The van der Waals surface area contributed by atoms with Crippen LogP contribution in [0.2, 0.25) is 0 Å². The van der Waals surface area contributed by atoms with Crippen molar-refractivity contribution >= 4 is 5.91 Å². The molecule has 1 fully saturated rings. The summed E-state index contributed by atoms with van der Waals surface area (Å²) in [5.41, 5.74) is -0.264. The monoisotopic (exact) mass is 236 g/mol. The zero-order valence-electron chi connectivity index (χ0n) is 10.5. The molecule has 2 N–H and O–H groups in total. The number of aromatic nitrogens is 2. The Morgan fingerprint density at radius 3 is 3.06 bits per heavy atom. The lowest BCUT2D eigenvalue weighted by atomic mass is 9.81. The summed E-state index contributed by atoms with van der Waals surface area (Å²) in [4.78, 5) is 21.3. The molecule has 5 nitrogen and oxygen atoms in total. The second kappa shape index (κ2) is 4.87. The molecule has 1 aliphatic rings. The van der Waals surface area contributed by atoms with E-state index in [2.05, 4.69) is 15.3 Å². The van der Waals surface area contributed by atoms with E-state index in [1.165, 1.54) is 0 Å². The number of carbonyl (C=O) groups is 1. The minimum atomic E-state index is -0.264. The van der Waals surface area contributed by atoms with E-state index in [9.17, 15) is 4.79 Å². The summed E-state index contributed by atoms with van der Waals surface area (Å²) in [5.74, 6) is 1.02. The molecule has 1 aromatic heterocycles. The molecule has 2 heterocycles. The van der Waals surface area contributed by atoms with Crippen LogP contribution in [0.3, 0.4) is 0 Å². The minimum absolute atomic E-state index is 0.195. The fourth-order valence-corrected chi connectivity index (χ4v) is 2.38. The van der Waals surface area contributed by atoms with Crippen molar-refractivity contribution in [3.8, 4) is 0 Å². The molecule has 0 bridgehead atoms. The Labute approximate surface area is 102 Å². The van der Waals surface area contributed by atoms with Crippen molar-refractivity contribution in [3.05, 3.63) is 18.2 Å². The lowest BCUT2D eigenvalue weighted by Crippen LogP contribution is -2.49. The molecule has 0 saturated carbocycles. The average molecular weight is 236 g/mol. The van der Waals surface area contributed by atoms with E-state index < -0.39 is 0 Å². The highest BCUT2D eigenvalue weighted by atomic mass is 16.2. The van der Waals surface area contributed by atoms with Gasteiger partial charge in [-0.3, -0.25) is 4.79 Å². The molecule has 1 aromatic rings.